The molecule has 0 aliphatic carbocycles. The van der Waals surface area contributed by atoms with Crippen LogP contribution in [0.1, 0.15) is 37.1 Å². The van der Waals surface area contributed by atoms with E-state index in [9.17, 15) is 26.4 Å². The second-order valence-electron chi connectivity index (χ2n) is 6.91. The molecule has 0 saturated carbocycles. The van der Waals surface area contributed by atoms with Crippen LogP contribution < -0.4 is 4.72 Å². The first-order valence-electron chi connectivity index (χ1n) is 9.06. The number of alkyl halides is 3. The molecule has 29 heavy (non-hydrogen) atoms. The van der Waals surface area contributed by atoms with Gasteiger partial charge in [-0.2, -0.15) is 17.9 Å². The number of piperidine rings is 1. The number of imidazole rings is 1. The summed E-state index contributed by atoms with van der Waals surface area (Å²) in [5, 5.41) is 0. The highest BCUT2D eigenvalue weighted by atomic mass is 32.2. The number of H-pyrrole nitrogens is 1. The Hall–Kier alpha value is -2.40. The predicted octanol–water partition coefficient (Wildman–Crippen LogP) is 2.50. The summed E-state index contributed by atoms with van der Waals surface area (Å²) in [5.74, 6) is 0.547. The molecule has 0 spiro atoms. The molecule has 3 rings (SSSR count). The van der Waals surface area contributed by atoms with Crippen LogP contribution in [0, 0.1) is 0 Å². The Morgan fingerprint density at radius 1 is 1.28 bits per heavy atom. The number of sulfonamides is 1. The SMILES string of the molecule is C[C@H](NS(=O)(=O)c1ccccc1C(F)(F)F)C(=O)N1CCC(c2ncc[nH]2)CC1. The van der Waals surface area contributed by atoms with Crippen molar-refractivity contribution in [2.75, 3.05) is 13.1 Å². The molecule has 1 aliphatic rings. The number of nitrogens with one attached hydrogen (secondary N) is 2. The van der Waals surface area contributed by atoms with Gasteiger partial charge in [-0.15, -0.1) is 0 Å². The molecule has 1 aromatic heterocycles. The summed E-state index contributed by atoms with van der Waals surface area (Å²) in [6.07, 6.45) is -0.122. The maximum Gasteiger partial charge on any atom is 0.417 e. The number of carbonyl (C=O) groups is 1. The van der Waals surface area contributed by atoms with E-state index in [0.29, 0.717) is 32.0 Å². The Labute approximate surface area is 166 Å². The molecule has 0 radical (unpaired) electrons. The topological polar surface area (TPSA) is 95.2 Å². The van der Waals surface area contributed by atoms with Crippen molar-refractivity contribution in [2.45, 2.75) is 42.8 Å². The van der Waals surface area contributed by atoms with Gasteiger partial charge in [-0.25, -0.2) is 13.4 Å². The van der Waals surface area contributed by atoms with Crippen molar-refractivity contribution in [3.8, 4) is 0 Å². The lowest BCUT2D eigenvalue weighted by Gasteiger charge is -2.33. The first kappa shape index (κ1) is 21.3. The minimum Gasteiger partial charge on any atom is -0.348 e. The summed E-state index contributed by atoms with van der Waals surface area (Å²) in [6, 6.07) is 2.69. The summed E-state index contributed by atoms with van der Waals surface area (Å²) in [6.45, 7) is 2.15. The fourth-order valence-corrected chi connectivity index (χ4v) is 4.85. The van der Waals surface area contributed by atoms with E-state index in [4.69, 9.17) is 0 Å². The van der Waals surface area contributed by atoms with Gasteiger partial charge in [0.1, 0.15) is 5.82 Å². The molecule has 1 atom stereocenters. The van der Waals surface area contributed by atoms with Gasteiger partial charge in [0.15, 0.2) is 0 Å². The maximum absolute atomic E-state index is 13.1. The Morgan fingerprint density at radius 3 is 2.52 bits per heavy atom. The van der Waals surface area contributed by atoms with Crippen molar-refractivity contribution >= 4 is 15.9 Å². The van der Waals surface area contributed by atoms with Gasteiger partial charge in [0.2, 0.25) is 15.9 Å². The second-order valence-corrected chi connectivity index (χ2v) is 8.59. The quantitative estimate of drug-likeness (QED) is 0.762. The van der Waals surface area contributed by atoms with E-state index >= 15 is 0 Å². The van der Waals surface area contributed by atoms with Gasteiger partial charge in [-0.05, 0) is 31.9 Å². The Balaban J connectivity index is 1.67. The van der Waals surface area contributed by atoms with E-state index in [1.165, 1.54) is 17.9 Å². The average Bonchev–Trinajstić information content (AvgIpc) is 3.21. The molecule has 1 saturated heterocycles. The van der Waals surface area contributed by atoms with Gasteiger partial charge in [-0.3, -0.25) is 4.79 Å². The summed E-state index contributed by atoms with van der Waals surface area (Å²) >= 11 is 0. The van der Waals surface area contributed by atoms with Gasteiger partial charge < -0.3 is 9.88 Å². The summed E-state index contributed by atoms with van der Waals surface area (Å²) in [4.78, 5) is 20.5. The number of likely N-dealkylation sites (tertiary alicyclic amines) is 1. The van der Waals surface area contributed by atoms with Crippen LogP contribution in [-0.2, 0) is 21.0 Å². The minimum absolute atomic E-state index is 0.180. The van der Waals surface area contributed by atoms with Crippen LogP contribution in [0.3, 0.4) is 0 Å². The molecule has 158 valence electrons. The molecular formula is C18H21F3N4O3S. The molecule has 0 bridgehead atoms. The fraction of sp³-hybridized carbons (Fsp3) is 0.444. The van der Waals surface area contributed by atoms with E-state index in [2.05, 4.69) is 14.7 Å². The number of aromatic nitrogens is 2. The Morgan fingerprint density at radius 2 is 1.93 bits per heavy atom. The molecule has 2 heterocycles. The van der Waals surface area contributed by atoms with Gasteiger partial charge >= 0.3 is 6.18 Å². The molecule has 1 amide bonds. The number of halogens is 3. The van der Waals surface area contributed by atoms with Gasteiger partial charge in [0.05, 0.1) is 16.5 Å². The average molecular weight is 430 g/mol. The number of hydrogen-bond acceptors (Lipinski definition) is 4. The lowest BCUT2D eigenvalue weighted by molar-refractivity contribution is -0.139. The number of aromatic amines is 1. The number of carbonyl (C=O) groups excluding carboxylic acids is 1. The van der Waals surface area contributed by atoms with E-state index in [1.54, 1.807) is 12.4 Å². The highest BCUT2D eigenvalue weighted by molar-refractivity contribution is 7.89. The molecule has 11 heteroatoms. The number of nitrogens with zero attached hydrogens (tertiary/aromatic N) is 2. The van der Waals surface area contributed by atoms with Crippen molar-refractivity contribution in [3.05, 3.63) is 48.0 Å². The maximum atomic E-state index is 13.1. The van der Waals surface area contributed by atoms with Crippen molar-refractivity contribution in [1.29, 1.82) is 0 Å². The van der Waals surface area contributed by atoms with Crippen LogP contribution in [0.5, 0.6) is 0 Å². The third kappa shape index (κ3) is 4.78. The predicted molar refractivity (Wildman–Crippen MR) is 98.4 cm³/mol. The highest BCUT2D eigenvalue weighted by Gasteiger charge is 2.38. The monoisotopic (exact) mass is 430 g/mol. The number of rotatable bonds is 5. The Bertz CT molecular complexity index is 953. The molecule has 1 fully saturated rings. The molecular weight excluding hydrogens is 409 g/mol. The van der Waals surface area contributed by atoms with Crippen LogP contribution >= 0.6 is 0 Å². The smallest absolute Gasteiger partial charge is 0.348 e. The molecule has 2 aromatic rings. The normalized spacial score (nSPS) is 17.3. The molecule has 1 aliphatic heterocycles. The van der Waals surface area contributed by atoms with Crippen molar-refractivity contribution < 1.29 is 26.4 Å². The highest BCUT2D eigenvalue weighted by Crippen LogP contribution is 2.34. The van der Waals surface area contributed by atoms with Crippen molar-refractivity contribution in [1.82, 2.24) is 19.6 Å². The third-order valence-electron chi connectivity index (χ3n) is 4.90. The summed E-state index contributed by atoms with van der Waals surface area (Å²) in [7, 11) is -4.54. The lowest BCUT2D eigenvalue weighted by Crippen LogP contribution is -2.49. The van der Waals surface area contributed by atoms with E-state index in [-0.39, 0.29) is 5.92 Å². The van der Waals surface area contributed by atoms with Gasteiger partial charge in [0, 0.05) is 31.4 Å². The van der Waals surface area contributed by atoms with Crippen molar-refractivity contribution in [2.24, 2.45) is 0 Å². The fourth-order valence-electron chi connectivity index (χ4n) is 3.43. The zero-order chi connectivity index (χ0) is 21.2. The number of benzene rings is 1. The number of amides is 1. The molecule has 0 unspecified atom stereocenters. The van der Waals surface area contributed by atoms with E-state index in [1.807, 2.05) is 0 Å². The van der Waals surface area contributed by atoms with Crippen LogP contribution in [-0.4, -0.2) is 48.3 Å². The Kier molecular flexibility index (Phi) is 5.99. The third-order valence-corrected chi connectivity index (χ3v) is 6.50. The lowest BCUT2D eigenvalue weighted by atomic mass is 9.96. The van der Waals surface area contributed by atoms with Gasteiger partial charge in [0.25, 0.3) is 0 Å². The minimum atomic E-state index is -4.83. The first-order chi connectivity index (χ1) is 13.6. The van der Waals surface area contributed by atoms with Crippen LogP contribution in [0.4, 0.5) is 13.2 Å². The largest absolute Gasteiger partial charge is 0.417 e. The second kappa shape index (κ2) is 8.15. The van der Waals surface area contributed by atoms with E-state index < -0.39 is 38.6 Å². The molecule has 1 aromatic carbocycles. The molecule has 2 N–H and O–H groups in total. The van der Waals surface area contributed by atoms with Crippen LogP contribution in [0.15, 0.2) is 41.6 Å². The molecule has 7 nitrogen and oxygen atoms in total. The van der Waals surface area contributed by atoms with Gasteiger partial charge in [-0.1, -0.05) is 12.1 Å². The number of hydrogen-bond donors (Lipinski definition) is 2. The zero-order valence-corrected chi connectivity index (χ0v) is 16.4. The van der Waals surface area contributed by atoms with Crippen LogP contribution in [0.25, 0.3) is 0 Å². The van der Waals surface area contributed by atoms with Crippen LogP contribution in [0.2, 0.25) is 0 Å². The first-order valence-corrected chi connectivity index (χ1v) is 10.5. The van der Waals surface area contributed by atoms with E-state index in [0.717, 1.165) is 18.0 Å². The van der Waals surface area contributed by atoms with Crippen molar-refractivity contribution in [3.63, 3.8) is 0 Å². The summed E-state index contributed by atoms with van der Waals surface area (Å²) < 4.78 is 66.5. The summed E-state index contributed by atoms with van der Waals surface area (Å²) in [5.41, 5.74) is -1.27. The standard InChI is InChI=1S/C18H21F3N4O3S/c1-12(17(26)25-10-6-13(7-11-25)16-22-8-9-23-16)24-29(27,28)15-5-3-2-4-14(15)18(19,20)21/h2-5,8-9,12-13,24H,6-7,10-11H2,1H3,(H,22,23)/t12-/m0/s1. The zero-order valence-electron chi connectivity index (χ0n) is 15.6.